The number of H-pyrrole nitrogens is 1. The SMILES string of the molecule is Cc1cn[nH]c1NC(=O)CSc1cccs1. The van der Waals surface area contributed by atoms with Crippen LogP contribution in [0, 0.1) is 6.92 Å². The molecule has 6 heteroatoms. The Hall–Kier alpha value is -1.27. The summed E-state index contributed by atoms with van der Waals surface area (Å²) in [6, 6.07) is 3.98. The maximum Gasteiger partial charge on any atom is 0.235 e. The largest absolute Gasteiger partial charge is 0.310 e. The molecule has 2 rings (SSSR count). The Bertz CT molecular complexity index is 464. The number of rotatable bonds is 4. The fourth-order valence-electron chi connectivity index (χ4n) is 1.13. The second-order valence-corrected chi connectivity index (χ2v) is 5.42. The van der Waals surface area contributed by atoms with Crippen molar-refractivity contribution >= 4 is 34.8 Å². The van der Waals surface area contributed by atoms with E-state index >= 15 is 0 Å². The predicted molar refractivity (Wildman–Crippen MR) is 67.0 cm³/mol. The number of amides is 1. The topological polar surface area (TPSA) is 57.8 Å². The van der Waals surface area contributed by atoms with Crippen molar-refractivity contribution in [1.82, 2.24) is 10.2 Å². The molecule has 2 aromatic heterocycles. The lowest BCUT2D eigenvalue weighted by Crippen LogP contribution is -2.14. The molecule has 0 unspecified atom stereocenters. The van der Waals surface area contributed by atoms with Crippen LogP contribution < -0.4 is 5.32 Å². The van der Waals surface area contributed by atoms with Gasteiger partial charge in [-0.15, -0.1) is 23.1 Å². The van der Waals surface area contributed by atoms with E-state index < -0.39 is 0 Å². The van der Waals surface area contributed by atoms with Gasteiger partial charge in [0, 0.05) is 5.56 Å². The lowest BCUT2D eigenvalue weighted by Gasteiger charge is -2.02. The summed E-state index contributed by atoms with van der Waals surface area (Å²) >= 11 is 3.17. The van der Waals surface area contributed by atoms with Gasteiger partial charge in [-0.3, -0.25) is 9.89 Å². The molecular weight excluding hydrogens is 242 g/mol. The average molecular weight is 253 g/mol. The van der Waals surface area contributed by atoms with E-state index in [0.717, 1.165) is 9.77 Å². The molecule has 0 aliphatic heterocycles. The van der Waals surface area contributed by atoms with Crippen molar-refractivity contribution in [2.24, 2.45) is 0 Å². The average Bonchev–Trinajstić information content (AvgIpc) is 2.88. The molecule has 0 aliphatic rings. The van der Waals surface area contributed by atoms with Crippen LogP contribution in [0.2, 0.25) is 0 Å². The van der Waals surface area contributed by atoms with E-state index in [2.05, 4.69) is 15.5 Å². The van der Waals surface area contributed by atoms with Gasteiger partial charge >= 0.3 is 0 Å². The molecule has 0 atom stereocenters. The molecule has 0 aromatic carbocycles. The van der Waals surface area contributed by atoms with Crippen molar-refractivity contribution in [1.29, 1.82) is 0 Å². The number of carbonyl (C=O) groups is 1. The van der Waals surface area contributed by atoms with Gasteiger partial charge in [0.15, 0.2) is 0 Å². The fraction of sp³-hybridized carbons (Fsp3) is 0.200. The van der Waals surface area contributed by atoms with E-state index in [-0.39, 0.29) is 5.91 Å². The van der Waals surface area contributed by atoms with Gasteiger partial charge in [0.05, 0.1) is 16.2 Å². The minimum absolute atomic E-state index is 0.0225. The summed E-state index contributed by atoms with van der Waals surface area (Å²) in [4.78, 5) is 11.6. The molecule has 4 nitrogen and oxygen atoms in total. The number of aryl methyl sites for hydroxylation is 1. The standard InChI is InChI=1S/C10H11N3OS2/c1-7-5-11-13-10(7)12-8(14)6-16-9-3-2-4-15-9/h2-5H,6H2,1H3,(H2,11,12,13,14). The van der Waals surface area contributed by atoms with Crippen LogP contribution in [0.4, 0.5) is 5.82 Å². The van der Waals surface area contributed by atoms with Crippen LogP contribution in [0.3, 0.4) is 0 Å². The molecule has 0 fully saturated rings. The molecule has 0 bridgehead atoms. The Morgan fingerprint density at radius 2 is 2.56 bits per heavy atom. The van der Waals surface area contributed by atoms with Crippen molar-refractivity contribution < 1.29 is 4.79 Å². The van der Waals surface area contributed by atoms with Gasteiger partial charge in [-0.05, 0) is 18.4 Å². The highest BCUT2D eigenvalue weighted by Gasteiger charge is 2.06. The first-order chi connectivity index (χ1) is 7.75. The van der Waals surface area contributed by atoms with E-state index in [1.165, 1.54) is 11.8 Å². The Kier molecular flexibility index (Phi) is 3.63. The maximum absolute atomic E-state index is 11.6. The Morgan fingerprint density at radius 1 is 1.69 bits per heavy atom. The summed E-state index contributed by atoms with van der Waals surface area (Å²) < 4.78 is 1.15. The third kappa shape index (κ3) is 2.86. The first-order valence-electron chi connectivity index (χ1n) is 4.72. The minimum atomic E-state index is -0.0225. The van der Waals surface area contributed by atoms with Crippen molar-refractivity contribution in [2.75, 3.05) is 11.1 Å². The summed E-state index contributed by atoms with van der Waals surface area (Å²) in [5.41, 5.74) is 0.939. The third-order valence-electron chi connectivity index (χ3n) is 1.93. The molecule has 0 aliphatic carbocycles. The molecule has 0 spiro atoms. The van der Waals surface area contributed by atoms with E-state index in [1.807, 2.05) is 24.4 Å². The van der Waals surface area contributed by atoms with Crippen LogP contribution in [-0.4, -0.2) is 21.9 Å². The molecule has 2 aromatic rings. The number of anilines is 1. The minimum Gasteiger partial charge on any atom is -0.310 e. The number of aromatic amines is 1. The van der Waals surface area contributed by atoms with Crippen molar-refractivity contribution in [2.45, 2.75) is 11.1 Å². The van der Waals surface area contributed by atoms with Crippen LogP contribution in [-0.2, 0) is 4.79 Å². The van der Waals surface area contributed by atoms with Crippen molar-refractivity contribution in [3.8, 4) is 0 Å². The Labute approximate surface area is 101 Å². The molecule has 0 radical (unpaired) electrons. The molecule has 0 saturated carbocycles. The van der Waals surface area contributed by atoms with E-state index in [4.69, 9.17) is 0 Å². The van der Waals surface area contributed by atoms with Gasteiger partial charge in [-0.1, -0.05) is 6.07 Å². The first kappa shape index (κ1) is 11.2. The Morgan fingerprint density at radius 3 is 3.19 bits per heavy atom. The highest BCUT2D eigenvalue weighted by atomic mass is 32.2. The van der Waals surface area contributed by atoms with Crippen LogP contribution in [0.15, 0.2) is 27.9 Å². The molecular formula is C10H11N3OS2. The molecule has 2 heterocycles. The fourth-order valence-corrected chi connectivity index (χ4v) is 2.72. The smallest absolute Gasteiger partial charge is 0.235 e. The number of hydrogen-bond acceptors (Lipinski definition) is 4. The maximum atomic E-state index is 11.6. The van der Waals surface area contributed by atoms with E-state index in [0.29, 0.717) is 11.6 Å². The van der Waals surface area contributed by atoms with Gasteiger partial charge in [-0.25, -0.2) is 0 Å². The lowest BCUT2D eigenvalue weighted by atomic mass is 10.4. The number of nitrogens with one attached hydrogen (secondary N) is 2. The second-order valence-electron chi connectivity index (χ2n) is 3.20. The molecule has 0 saturated heterocycles. The number of hydrogen-bond donors (Lipinski definition) is 2. The number of thioether (sulfide) groups is 1. The van der Waals surface area contributed by atoms with E-state index in [9.17, 15) is 4.79 Å². The molecule has 1 amide bonds. The zero-order valence-corrected chi connectivity index (χ0v) is 10.3. The predicted octanol–water partition coefficient (Wildman–Crippen LogP) is 2.51. The van der Waals surface area contributed by atoms with Crippen LogP contribution in [0.1, 0.15) is 5.56 Å². The summed E-state index contributed by atoms with van der Waals surface area (Å²) in [6.07, 6.45) is 1.68. The zero-order valence-electron chi connectivity index (χ0n) is 8.69. The summed E-state index contributed by atoms with van der Waals surface area (Å²) in [6.45, 7) is 1.89. The van der Waals surface area contributed by atoms with Crippen LogP contribution >= 0.6 is 23.1 Å². The summed E-state index contributed by atoms with van der Waals surface area (Å²) in [7, 11) is 0. The van der Waals surface area contributed by atoms with Gasteiger partial charge in [-0.2, -0.15) is 5.10 Å². The van der Waals surface area contributed by atoms with Gasteiger partial charge in [0.25, 0.3) is 0 Å². The van der Waals surface area contributed by atoms with Gasteiger partial charge in [0.2, 0.25) is 5.91 Å². The summed E-state index contributed by atoms with van der Waals surface area (Å²) in [5.74, 6) is 1.07. The van der Waals surface area contributed by atoms with E-state index in [1.54, 1.807) is 17.5 Å². The molecule has 2 N–H and O–H groups in total. The van der Waals surface area contributed by atoms with Crippen LogP contribution in [0.25, 0.3) is 0 Å². The van der Waals surface area contributed by atoms with Crippen molar-refractivity contribution in [3.05, 3.63) is 29.3 Å². The highest BCUT2D eigenvalue weighted by molar-refractivity contribution is 8.01. The third-order valence-corrected chi connectivity index (χ3v) is 4.06. The monoisotopic (exact) mass is 253 g/mol. The number of nitrogens with zero attached hydrogens (tertiary/aromatic N) is 1. The Balaban J connectivity index is 1.83. The van der Waals surface area contributed by atoms with Crippen molar-refractivity contribution in [3.63, 3.8) is 0 Å². The highest BCUT2D eigenvalue weighted by Crippen LogP contribution is 2.23. The summed E-state index contributed by atoms with van der Waals surface area (Å²) in [5, 5.41) is 11.4. The van der Waals surface area contributed by atoms with Gasteiger partial charge < -0.3 is 5.32 Å². The first-order valence-corrected chi connectivity index (χ1v) is 6.58. The lowest BCUT2D eigenvalue weighted by molar-refractivity contribution is -0.113. The van der Waals surface area contributed by atoms with Gasteiger partial charge in [0.1, 0.15) is 5.82 Å². The number of aromatic nitrogens is 2. The zero-order chi connectivity index (χ0) is 11.4. The number of thiophene rings is 1. The number of carbonyl (C=O) groups excluding carboxylic acids is 1. The molecule has 84 valence electrons. The van der Waals surface area contributed by atoms with Crippen LogP contribution in [0.5, 0.6) is 0 Å². The molecule has 16 heavy (non-hydrogen) atoms. The quantitative estimate of drug-likeness (QED) is 0.823. The second kappa shape index (κ2) is 5.18. The normalized spacial score (nSPS) is 10.3.